The molecule has 0 amide bonds. The molecule has 1 aliphatic heterocycles. The lowest BCUT2D eigenvalue weighted by atomic mass is 10.1. The molecule has 2 aromatic rings. The Hall–Kier alpha value is -3.24. The zero-order valence-corrected chi connectivity index (χ0v) is 19.9. The fourth-order valence-electron chi connectivity index (χ4n) is 3.46. The van der Waals surface area contributed by atoms with E-state index in [2.05, 4.69) is 14.4 Å². The van der Waals surface area contributed by atoms with Gasteiger partial charge in [0.1, 0.15) is 4.90 Å². The van der Waals surface area contributed by atoms with Gasteiger partial charge in [-0.15, -0.1) is 0 Å². The number of nitrogens with zero attached hydrogens (tertiary/aromatic N) is 1. The van der Waals surface area contributed by atoms with Crippen LogP contribution in [0.5, 0.6) is 11.5 Å². The van der Waals surface area contributed by atoms with E-state index in [1.807, 2.05) is 19.1 Å². The van der Waals surface area contributed by atoms with Crippen molar-refractivity contribution < 1.29 is 32.2 Å². The van der Waals surface area contributed by atoms with Gasteiger partial charge in [0.05, 0.1) is 40.2 Å². The van der Waals surface area contributed by atoms with Gasteiger partial charge in [-0.25, -0.2) is 13.2 Å². The van der Waals surface area contributed by atoms with Crippen LogP contribution in [-0.4, -0.2) is 62.0 Å². The summed E-state index contributed by atoms with van der Waals surface area (Å²) in [5.41, 5.74) is 2.66. The number of rotatable bonds is 8. The average Bonchev–Trinajstić information content (AvgIpc) is 2.83. The second-order valence-corrected chi connectivity index (χ2v) is 8.97. The second-order valence-electron chi connectivity index (χ2n) is 7.32. The Morgan fingerprint density at radius 2 is 1.82 bits per heavy atom. The number of aryl methyl sites for hydroxylation is 1. The summed E-state index contributed by atoms with van der Waals surface area (Å²) in [7, 11) is -0.0255. The number of carbonyl (C=O) groups excluding carboxylic acids is 1. The van der Waals surface area contributed by atoms with Gasteiger partial charge in [0.2, 0.25) is 0 Å². The van der Waals surface area contributed by atoms with Gasteiger partial charge < -0.3 is 23.8 Å². The maximum absolute atomic E-state index is 13.3. The maximum atomic E-state index is 13.3. The van der Waals surface area contributed by atoms with Crippen molar-refractivity contribution in [1.82, 2.24) is 0 Å². The molecule has 2 aromatic carbocycles. The molecule has 1 N–H and O–H groups in total. The summed E-state index contributed by atoms with van der Waals surface area (Å²) in [5, 5.41) is 0. The molecule has 3 rings (SSSR count). The molecule has 0 bridgehead atoms. The minimum Gasteiger partial charge on any atom is -0.493 e. The molecule has 1 heterocycles. The van der Waals surface area contributed by atoms with Crippen molar-refractivity contribution in [2.45, 2.75) is 11.8 Å². The highest BCUT2D eigenvalue weighted by molar-refractivity contribution is 7.92. The third kappa shape index (κ3) is 5.77. The molecule has 1 fully saturated rings. The number of morpholine rings is 1. The number of methoxy groups -OCH3 is 3. The standard InChI is InChI=1S/C23H28N2O7S/c1-16-13-18(25-9-11-32-12-10-25)6-7-19(16)24-33(27,28)21-15-17(5-8-22(26)30-3)14-20(29-2)23(21)31-4/h5-8,13-15,24H,9-12H2,1-4H3/b8-5+. The fourth-order valence-corrected chi connectivity index (χ4v) is 4.81. The Labute approximate surface area is 193 Å². The van der Waals surface area contributed by atoms with Crippen LogP contribution in [0.3, 0.4) is 0 Å². The highest BCUT2D eigenvalue weighted by Crippen LogP contribution is 2.37. The number of sulfonamides is 1. The van der Waals surface area contributed by atoms with E-state index in [-0.39, 0.29) is 16.4 Å². The summed E-state index contributed by atoms with van der Waals surface area (Å²) in [4.78, 5) is 13.5. The molecule has 0 radical (unpaired) electrons. The molecule has 0 saturated carbocycles. The number of carbonyl (C=O) groups is 1. The van der Waals surface area contributed by atoms with Crippen LogP contribution in [0.1, 0.15) is 11.1 Å². The molecular weight excluding hydrogens is 448 g/mol. The first-order valence-corrected chi connectivity index (χ1v) is 11.8. The predicted octanol–water partition coefficient (Wildman–Crippen LogP) is 2.84. The highest BCUT2D eigenvalue weighted by atomic mass is 32.2. The number of hydrogen-bond donors (Lipinski definition) is 1. The van der Waals surface area contributed by atoms with Gasteiger partial charge >= 0.3 is 5.97 Å². The summed E-state index contributed by atoms with van der Waals surface area (Å²) in [5.74, 6) is -0.296. The van der Waals surface area contributed by atoms with Crippen molar-refractivity contribution in [1.29, 1.82) is 0 Å². The molecule has 1 aliphatic rings. The number of nitrogens with one attached hydrogen (secondary N) is 1. The van der Waals surface area contributed by atoms with Gasteiger partial charge in [0, 0.05) is 24.9 Å². The van der Waals surface area contributed by atoms with Gasteiger partial charge in [-0.1, -0.05) is 0 Å². The molecule has 0 unspecified atom stereocenters. The van der Waals surface area contributed by atoms with E-state index in [1.54, 1.807) is 12.1 Å². The van der Waals surface area contributed by atoms with Gasteiger partial charge in [0.15, 0.2) is 11.5 Å². The van der Waals surface area contributed by atoms with Crippen molar-refractivity contribution in [3.8, 4) is 11.5 Å². The second kappa shape index (κ2) is 10.6. The van der Waals surface area contributed by atoms with Crippen LogP contribution in [-0.2, 0) is 24.3 Å². The predicted molar refractivity (Wildman–Crippen MR) is 126 cm³/mol. The first-order chi connectivity index (χ1) is 15.8. The van der Waals surface area contributed by atoms with Gasteiger partial charge in [0.25, 0.3) is 10.0 Å². The monoisotopic (exact) mass is 476 g/mol. The molecule has 10 heteroatoms. The molecule has 0 aliphatic carbocycles. The number of ether oxygens (including phenoxy) is 4. The number of benzene rings is 2. The van der Waals surface area contributed by atoms with Crippen molar-refractivity contribution >= 4 is 33.4 Å². The molecule has 0 atom stereocenters. The fraction of sp³-hybridized carbons (Fsp3) is 0.348. The van der Waals surface area contributed by atoms with Crippen molar-refractivity contribution in [2.24, 2.45) is 0 Å². The summed E-state index contributed by atoms with van der Waals surface area (Å²) in [6, 6.07) is 8.53. The lowest BCUT2D eigenvalue weighted by molar-refractivity contribution is -0.134. The number of anilines is 2. The largest absolute Gasteiger partial charge is 0.493 e. The van der Waals surface area contributed by atoms with E-state index >= 15 is 0 Å². The molecular formula is C23H28N2O7S. The van der Waals surface area contributed by atoms with E-state index in [1.165, 1.54) is 39.5 Å². The Morgan fingerprint density at radius 3 is 2.42 bits per heavy atom. The van der Waals surface area contributed by atoms with E-state index in [0.717, 1.165) is 24.3 Å². The molecule has 1 saturated heterocycles. The average molecular weight is 477 g/mol. The minimum absolute atomic E-state index is 0.0582. The van der Waals surface area contributed by atoms with Crippen LogP contribution in [0, 0.1) is 6.92 Å². The van der Waals surface area contributed by atoms with Crippen LogP contribution >= 0.6 is 0 Å². The smallest absolute Gasteiger partial charge is 0.330 e. The normalized spacial score (nSPS) is 14.2. The summed E-state index contributed by atoms with van der Waals surface area (Å²) in [6.07, 6.45) is 2.63. The summed E-state index contributed by atoms with van der Waals surface area (Å²) >= 11 is 0. The van der Waals surface area contributed by atoms with Crippen LogP contribution in [0.15, 0.2) is 41.3 Å². The molecule has 0 spiro atoms. The van der Waals surface area contributed by atoms with Gasteiger partial charge in [-0.2, -0.15) is 0 Å². The van der Waals surface area contributed by atoms with Crippen LogP contribution in [0.25, 0.3) is 6.08 Å². The van der Waals surface area contributed by atoms with E-state index in [4.69, 9.17) is 14.2 Å². The SMILES string of the molecule is COC(=O)/C=C/c1cc(OC)c(OC)c(S(=O)(=O)Nc2ccc(N3CCOCC3)cc2C)c1. The third-order valence-corrected chi connectivity index (χ3v) is 6.57. The quantitative estimate of drug-likeness (QED) is 0.458. The van der Waals surface area contributed by atoms with Gasteiger partial charge in [-0.05, 0) is 54.5 Å². The number of hydrogen-bond acceptors (Lipinski definition) is 8. The van der Waals surface area contributed by atoms with Crippen molar-refractivity contribution in [2.75, 3.05) is 57.3 Å². The van der Waals surface area contributed by atoms with E-state index < -0.39 is 16.0 Å². The first kappa shape index (κ1) is 24.4. The Kier molecular flexibility index (Phi) is 7.83. The molecule has 178 valence electrons. The molecule has 9 nitrogen and oxygen atoms in total. The Morgan fingerprint density at radius 1 is 1.09 bits per heavy atom. The lowest BCUT2D eigenvalue weighted by Crippen LogP contribution is -2.36. The topological polar surface area (TPSA) is 103 Å². The van der Waals surface area contributed by atoms with Crippen LogP contribution < -0.4 is 19.1 Å². The zero-order chi connectivity index (χ0) is 24.0. The number of esters is 1. The minimum atomic E-state index is -4.05. The lowest BCUT2D eigenvalue weighted by Gasteiger charge is -2.29. The van der Waals surface area contributed by atoms with Crippen LogP contribution in [0.2, 0.25) is 0 Å². The third-order valence-electron chi connectivity index (χ3n) is 5.20. The first-order valence-electron chi connectivity index (χ1n) is 10.3. The highest BCUT2D eigenvalue weighted by Gasteiger charge is 2.25. The van der Waals surface area contributed by atoms with Crippen molar-refractivity contribution in [3.05, 3.63) is 47.5 Å². The zero-order valence-electron chi connectivity index (χ0n) is 19.1. The Bertz CT molecular complexity index is 1140. The van der Waals surface area contributed by atoms with Crippen molar-refractivity contribution in [3.63, 3.8) is 0 Å². The summed E-state index contributed by atoms with van der Waals surface area (Å²) in [6.45, 7) is 4.74. The van der Waals surface area contributed by atoms with Crippen LogP contribution in [0.4, 0.5) is 11.4 Å². The Balaban J connectivity index is 1.95. The molecule has 0 aromatic heterocycles. The van der Waals surface area contributed by atoms with E-state index in [9.17, 15) is 13.2 Å². The van der Waals surface area contributed by atoms with Gasteiger partial charge in [-0.3, -0.25) is 4.72 Å². The molecule has 33 heavy (non-hydrogen) atoms. The summed E-state index contributed by atoms with van der Waals surface area (Å²) < 4.78 is 50.0. The van der Waals surface area contributed by atoms with E-state index in [0.29, 0.717) is 24.5 Å². The maximum Gasteiger partial charge on any atom is 0.330 e.